The van der Waals surface area contributed by atoms with Crippen molar-refractivity contribution in [3.8, 4) is 0 Å². The van der Waals surface area contributed by atoms with Crippen molar-refractivity contribution in [2.75, 3.05) is 18.4 Å². The molecule has 4 rings (SSSR count). The molecule has 1 N–H and O–H groups in total. The average Bonchev–Trinajstić information content (AvgIpc) is 3.10. The summed E-state index contributed by atoms with van der Waals surface area (Å²) in [5.41, 5.74) is 0.924. The first-order chi connectivity index (χ1) is 13.4. The van der Waals surface area contributed by atoms with Crippen molar-refractivity contribution >= 4 is 42.6 Å². The Morgan fingerprint density at radius 2 is 1.79 bits per heavy atom. The van der Waals surface area contributed by atoms with E-state index in [1.165, 1.54) is 52.0 Å². The fraction of sp³-hybridized carbons (Fsp3) is 0.263. The topological polar surface area (TPSA) is 79.4 Å². The van der Waals surface area contributed by atoms with E-state index in [0.29, 0.717) is 34.0 Å². The van der Waals surface area contributed by atoms with Gasteiger partial charge in [0.15, 0.2) is 5.13 Å². The standard InChI is InChI=1S/C19H18FN3O3S2/c20-14-6-9-16-17(12-14)27-19(21-16)22-18(24)13-4-7-15(8-5-13)28(25,26)23-10-2-1-3-11-23/h4-9,12H,1-3,10-11H2,(H,21,22,24). The van der Waals surface area contributed by atoms with Crippen LogP contribution < -0.4 is 5.32 Å². The molecule has 1 aromatic heterocycles. The minimum absolute atomic E-state index is 0.182. The lowest BCUT2D eigenvalue weighted by atomic mass is 10.2. The Labute approximate surface area is 166 Å². The highest BCUT2D eigenvalue weighted by Crippen LogP contribution is 2.27. The Hall–Kier alpha value is -2.36. The van der Waals surface area contributed by atoms with Crippen LogP contribution >= 0.6 is 11.3 Å². The molecule has 28 heavy (non-hydrogen) atoms. The number of nitrogens with one attached hydrogen (secondary N) is 1. The molecule has 0 bridgehead atoms. The third-order valence-corrected chi connectivity index (χ3v) is 7.49. The van der Waals surface area contributed by atoms with E-state index in [4.69, 9.17) is 0 Å². The lowest BCUT2D eigenvalue weighted by Gasteiger charge is -2.25. The molecular weight excluding hydrogens is 401 g/mol. The normalized spacial score (nSPS) is 15.6. The van der Waals surface area contributed by atoms with E-state index in [9.17, 15) is 17.6 Å². The highest BCUT2D eigenvalue weighted by molar-refractivity contribution is 7.89. The molecule has 0 saturated carbocycles. The molecule has 0 unspecified atom stereocenters. The first-order valence-electron chi connectivity index (χ1n) is 8.91. The van der Waals surface area contributed by atoms with Gasteiger partial charge in [0, 0.05) is 18.7 Å². The number of fused-ring (bicyclic) bond motifs is 1. The van der Waals surface area contributed by atoms with Crippen molar-refractivity contribution in [2.45, 2.75) is 24.2 Å². The van der Waals surface area contributed by atoms with E-state index in [0.717, 1.165) is 19.3 Å². The van der Waals surface area contributed by atoms with Gasteiger partial charge in [0.25, 0.3) is 5.91 Å². The molecule has 2 heterocycles. The van der Waals surface area contributed by atoms with Crippen molar-refractivity contribution < 1.29 is 17.6 Å². The first-order valence-corrected chi connectivity index (χ1v) is 11.2. The quantitative estimate of drug-likeness (QED) is 0.696. The molecule has 0 atom stereocenters. The summed E-state index contributed by atoms with van der Waals surface area (Å²) in [7, 11) is -3.53. The number of hydrogen-bond donors (Lipinski definition) is 1. The van der Waals surface area contributed by atoms with E-state index < -0.39 is 15.9 Å². The SMILES string of the molecule is O=C(Nc1nc2ccc(F)cc2s1)c1ccc(S(=O)(=O)N2CCCCC2)cc1. The van der Waals surface area contributed by atoms with Crippen LogP contribution in [0.1, 0.15) is 29.6 Å². The summed E-state index contributed by atoms with van der Waals surface area (Å²) >= 11 is 1.18. The van der Waals surface area contributed by atoms with Crippen LogP contribution in [0, 0.1) is 5.82 Å². The van der Waals surface area contributed by atoms with E-state index >= 15 is 0 Å². The van der Waals surface area contributed by atoms with Crippen molar-refractivity contribution in [3.63, 3.8) is 0 Å². The second-order valence-corrected chi connectivity index (χ2v) is 9.54. The van der Waals surface area contributed by atoms with Gasteiger partial charge in [-0.05, 0) is 55.3 Å². The zero-order valence-electron chi connectivity index (χ0n) is 14.9. The van der Waals surface area contributed by atoms with Crippen LogP contribution in [0.15, 0.2) is 47.4 Å². The maximum atomic E-state index is 13.3. The number of aromatic nitrogens is 1. The largest absolute Gasteiger partial charge is 0.298 e. The second kappa shape index (κ2) is 7.57. The van der Waals surface area contributed by atoms with Crippen LogP contribution in [0.25, 0.3) is 10.2 Å². The molecule has 1 saturated heterocycles. The van der Waals surface area contributed by atoms with Gasteiger partial charge >= 0.3 is 0 Å². The van der Waals surface area contributed by atoms with Crippen molar-refractivity contribution in [1.82, 2.24) is 9.29 Å². The van der Waals surface area contributed by atoms with Crippen molar-refractivity contribution in [3.05, 3.63) is 53.8 Å². The first kappa shape index (κ1) is 19.0. The van der Waals surface area contributed by atoms with Crippen LogP contribution in [0.4, 0.5) is 9.52 Å². The summed E-state index contributed by atoms with van der Waals surface area (Å²) in [6, 6.07) is 10.1. The van der Waals surface area contributed by atoms with Crippen LogP contribution in [0.2, 0.25) is 0 Å². The Kier molecular flexibility index (Phi) is 5.13. The monoisotopic (exact) mass is 419 g/mol. The summed E-state index contributed by atoms with van der Waals surface area (Å²) in [6.07, 6.45) is 2.78. The van der Waals surface area contributed by atoms with Crippen molar-refractivity contribution in [1.29, 1.82) is 0 Å². The molecule has 1 fully saturated rings. The van der Waals surface area contributed by atoms with Gasteiger partial charge in [0.2, 0.25) is 10.0 Å². The molecule has 6 nitrogen and oxygen atoms in total. The number of rotatable bonds is 4. The number of piperidine rings is 1. The molecule has 1 aliphatic rings. The summed E-state index contributed by atoms with van der Waals surface area (Å²) in [6.45, 7) is 1.06. The van der Waals surface area contributed by atoms with Gasteiger partial charge in [0.05, 0.1) is 15.1 Å². The van der Waals surface area contributed by atoms with Gasteiger partial charge in [-0.25, -0.2) is 17.8 Å². The Morgan fingerprint density at radius 3 is 2.50 bits per heavy atom. The van der Waals surface area contributed by atoms with E-state index in [1.807, 2.05) is 0 Å². The number of benzene rings is 2. The van der Waals surface area contributed by atoms with E-state index in [1.54, 1.807) is 6.07 Å². The zero-order valence-corrected chi connectivity index (χ0v) is 16.5. The molecule has 146 valence electrons. The minimum Gasteiger partial charge on any atom is -0.298 e. The van der Waals surface area contributed by atoms with Gasteiger partial charge in [-0.2, -0.15) is 4.31 Å². The van der Waals surface area contributed by atoms with Gasteiger partial charge in [-0.3, -0.25) is 10.1 Å². The Morgan fingerprint density at radius 1 is 1.07 bits per heavy atom. The molecular formula is C19H18FN3O3S2. The predicted molar refractivity (Wildman–Crippen MR) is 107 cm³/mol. The Balaban J connectivity index is 1.50. The number of carbonyl (C=O) groups is 1. The second-order valence-electron chi connectivity index (χ2n) is 6.57. The number of halogens is 1. The lowest BCUT2D eigenvalue weighted by molar-refractivity contribution is 0.102. The molecule has 0 radical (unpaired) electrons. The number of hydrogen-bond acceptors (Lipinski definition) is 5. The average molecular weight is 420 g/mol. The fourth-order valence-electron chi connectivity index (χ4n) is 3.15. The van der Waals surface area contributed by atoms with Crippen LogP contribution in [-0.4, -0.2) is 36.7 Å². The number of anilines is 1. The highest BCUT2D eigenvalue weighted by Gasteiger charge is 2.26. The van der Waals surface area contributed by atoms with Crippen LogP contribution in [-0.2, 0) is 10.0 Å². The summed E-state index contributed by atoms with van der Waals surface area (Å²) in [4.78, 5) is 16.9. The third-order valence-electron chi connectivity index (χ3n) is 4.64. The summed E-state index contributed by atoms with van der Waals surface area (Å²) < 4.78 is 40.8. The minimum atomic E-state index is -3.53. The zero-order chi connectivity index (χ0) is 19.7. The summed E-state index contributed by atoms with van der Waals surface area (Å²) in [5, 5.41) is 3.03. The molecule has 9 heteroatoms. The number of carbonyl (C=O) groups excluding carboxylic acids is 1. The molecule has 2 aromatic carbocycles. The number of amides is 1. The van der Waals surface area contributed by atoms with Crippen LogP contribution in [0.3, 0.4) is 0 Å². The number of sulfonamides is 1. The van der Waals surface area contributed by atoms with Gasteiger partial charge in [-0.15, -0.1) is 0 Å². The van der Waals surface area contributed by atoms with Gasteiger partial charge in [-0.1, -0.05) is 17.8 Å². The maximum absolute atomic E-state index is 13.3. The fourth-order valence-corrected chi connectivity index (χ4v) is 5.56. The molecule has 0 spiro atoms. The smallest absolute Gasteiger partial charge is 0.257 e. The number of nitrogens with zero attached hydrogens (tertiary/aromatic N) is 2. The molecule has 3 aromatic rings. The molecule has 1 amide bonds. The molecule has 0 aliphatic carbocycles. The molecule has 1 aliphatic heterocycles. The third kappa shape index (κ3) is 3.78. The van der Waals surface area contributed by atoms with E-state index in [-0.39, 0.29) is 10.7 Å². The van der Waals surface area contributed by atoms with Gasteiger partial charge < -0.3 is 0 Å². The Bertz CT molecular complexity index is 1120. The maximum Gasteiger partial charge on any atom is 0.257 e. The lowest BCUT2D eigenvalue weighted by Crippen LogP contribution is -2.35. The highest BCUT2D eigenvalue weighted by atomic mass is 32.2. The van der Waals surface area contributed by atoms with Gasteiger partial charge in [0.1, 0.15) is 5.82 Å². The summed E-state index contributed by atoms with van der Waals surface area (Å²) in [5.74, 6) is -0.763. The van der Waals surface area contributed by atoms with Crippen LogP contribution in [0.5, 0.6) is 0 Å². The predicted octanol–water partition coefficient (Wildman–Crippen LogP) is 3.86. The van der Waals surface area contributed by atoms with E-state index in [2.05, 4.69) is 10.3 Å². The van der Waals surface area contributed by atoms with Crippen molar-refractivity contribution in [2.24, 2.45) is 0 Å². The number of thiazole rings is 1.